The Labute approximate surface area is 174 Å². The maximum atomic E-state index is 12.0. The fourth-order valence-electron chi connectivity index (χ4n) is 2.39. The minimum Gasteiger partial charge on any atom is -0.492 e. The van der Waals surface area contributed by atoms with Crippen molar-refractivity contribution in [2.45, 2.75) is 19.4 Å². The fraction of sp³-hybridized carbons (Fsp3) is 0.350. The van der Waals surface area contributed by atoms with Crippen LogP contribution in [0.2, 0.25) is 0 Å². The second-order valence-corrected chi connectivity index (χ2v) is 6.27. The van der Waals surface area contributed by atoms with E-state index in [0.29, 0.717) is 26.0 Å². The number of ether oxygens (including phenoxy) is 1. The second kappa shape index (κ2) is 13.3. The van der Waals surface area contributed by atoms with Gasteiger partial charge in [-0.15, -0.1) is 24.8 Å². The molecule has 0 fully saturated rings. The highest BCUT2D eigenvalue weighted by Crippen LogP contribution is 2.14. The number of nitrogens with one attached hydrogen (secondary N) is 1. The van der Waals surface area contributed by atoms with E-state index in [2.05, 4.69) is 10.2 Å². The molecule has 0 unspecified atom stereocenters. The molecule has 5 nitrogen and oxygen atoms in total. The number of aryl methyl sites for hydroxylation is 1. The molecular weight excluding hydrogens is 385 g/mol. The summed E-state index contributed by atoms with van der Waals surface area (Å²) in [6.45, 7) is 2.00. The molecule has 0 heterocycles. The van der Waals surface area contributed by atoms with E-state index in [1.165, 1.54) is 0 Å². The van der Waals surface area contributed by atoms with Crippen molar-refractivity contribution in [3.8, 4) is 5.75 Å². The predicted molar refractivity (Wildman–Crippen MR) is 116 cm³/mol. The lowest BCUT2D eigenvalue weighted by molar-refractivity contribution is -0.121. The van der Waals surface area contributed by atoms with Crippen LogP contribution in [-0.2, 0) is 17.8 Å². The van der Waals surface area contributed by atoms with E-state index >= 15 is 0 Å². The van der Waals surface area contributed by atoms with Gasteiger partial charge in [0.05, 0.1) is 0 Å². The molecule has 0 aliphatic carbocycles. The Kier molecular flexibility index (Phi) is 12.3. The molecule has 0 bridgehead atoms. The van der Waals surface area contributed by atoms with Gasteiger partial charge in [-0.05, 0) is 49.8 Å². The molecule has 0 saturated carbocycles. The summed E-state index contributed by atoms with van der Waals surface area (Å²) >= 11 is 0. The number of para-hydroxylation sites is 1. The highest BCUT2D eigenvalue weighted by Gasteiger charge is 2.05. The van der Waals surface area contributed by atoms with Gasteiger partial charge in [0.2, 0.25) is 5.91 Å². The summed E-state index contributed by atoms with van der Waals surface area (Å²) in [6, 6.07) is 15.5. The monoisotopic (exact) mass is 413 g/mol. The summed E-state index contributed by atoms with van der Waals surface area (Å²) in [4.78, 5) is 14.1. The van der Waals surface area contributed by atoms with Crippen LogP contribution in [0.1, 0.15) is 17.5 Å². The molecule has 0 spiro atoms. The van der Waals surface area contributed by atoms with Crippen molar-refractivity contribution < 1.29 is 9.53 Å². The number of anilines is 1. The zero-order chi connectivity index (χ0) is 18.1. The van der Waals surface area contributed by atoms with Crippen LogP contribution < -0.4 is 15.8 Å². The number of nitrogen functional groups attached to an aromatic ring is 1. The summed E-state index contributed by atoms with van der Waals surface area (Å²) in [6.07, 6.45) is 1.07. The van der Waals surface area contributed by atoms with Crippen LogP contribution in [0.3, 0.4) is 0 Å². The lowest BCUT2D eigenvalue weighted by Crippen LogP contribution is -2.23. The maximum absolute atomic E-state index is 12.0. The molecule has 0 atom stereocenters. The summed E-state index contributed by atoms with van der Waals surface area (Å²) in [5.41, 5.74) is 8.66. The number of nitrogens with two attached hydrogens (primary N) is 1. The van der Waals surface area contributed by atoms with Gasteiger partial charge in [-0.1, -0.05) is 30.3 Å². The number of hydrogen-bond acceptors (Lipinski definition) is 4. The average molecular weight is 414 g/mol. The summed E-state index contributed by atoms with van der Waals surface area (Å²) in [5.74, 6) is 0.841. The number of benzene rings is 2. The first-order valence-corrected chi connectivity index (χ1v) is 8.51. The average Bonchev–Trinajstić information content (AvgIpc) is 2.59. The largest absolute Gasteiger partial charge is 0.492 e. The van der Waals surface area contributed by atoms with Gasteiger partial charge in [0.15, 0.2) is 0 Å². The number of likely N-dealkylation sites (N-methyl/N-ethyl adjacent to an activating group) is 1. The van der Waals surface area contributed by atoms with E-state index in [1.54, 1.807) is 0 Å². The lowest BCUT2D eigenvalue weighted by Gasteiger charge is -2.12. The molecule has 2 rings (SSSR count). The third-order valence-electron chi connectivity index (χ3n) is 3.87. The van der Waals surface area contributed by atoms with Crippen molar-refractivity contribution in [3.05, 3.63) is 59.7 Å². The first-order valence-electron chi connectivity index (χ1n) is 8.51. The summed E-state index contributed by atoms with van der Waals surface area (Å²) in [5, 5.41) is 2.95. The predicted octanol–water partition coefficient (Wildman–Crippen LogP) is 3.30. The van der Waals surface area contributed by atoms with Gasteiger partial charge in [0.1, 0.15) is 12.4 Å². The molecule has 27 heavy (non-hydrogen) atoms. The minimum atomic E-state index is 0. The van der Waals surface area contributed by atoms with Crippen LogP contribution in [0, 0.1) is 0 Å². The van der Waals surface area contributed by atoms with Gasteiger partial charge in [0.25, 0.3) is 0 Å². The lowest BCUT2D eigenvalue weighted by atomic mass is 10.1. The molecule has 0 aliphatic rings. The number of amides is 1. The van der Waals surface area contributed by atoms with Crippen LogP contribution in [0.25, 0.3) is 0 Å². The van der Waals surface area contributed by atoms with E-state index in [9.17, 15) is 4.79 Å². The van der Waals surface area contributed by atoms with Crippen LogP contribution in [0.5, 0.6) is 5.75 Å². The van der Waals surface area contributed by atoms with Gasteiger partial charge in [-0.2, -0.15) is 0 Å². The van der Waals surface area contributed by atoms with E-state index < -0.39 is 0 Å². The second-order valence-electron chi connectivity index (χ2n) is 6.27. The van der Waals surface area contributed by atoms with Gasteiger partial charge in [0, 0.05) is 25.2 Å². The van der Waals surface area contributed by atoms with E-state index in [0.717, 1.165) is 29.1 Å². The number of nitrogens with zero attached hydrogens (tertiary/aromatic N) is 1. The molecule has 2 aromatic carbocycles. The Morgan fingerprint density at radius 2 is 1.85 bits per heavy atom. The zero-order valence-corrected chi connectivity index (χ0v) is 17.4. The van der Waals surface area contributed by atoms with E-state index in [-0.39, 0.29) is 30.7 Å². The number of halogens is 2. The van der Waals surface area contributed by atoms with Crippen LogP contribution in [-0.4, -0.2) is 38.1 Å². The molecule has 0 saturated heterocycles. The number of carbonyl (C=O) groups is 1. The van der Waals surface area contributed by atoms with Crippen LogP contribution in [0.4, 0.5) is 5.69 Å². The smallest absolute Gasteiger partial charge is 0.220 e. The molecule has 7 heteroatoms. The highest BCUT2D eigenvalue weighted by atomic mass is 35.5. The highest BCUT2D eigenvalue weighted by molar-refractivity contribution is 5.85. The molecular formula is C20H29Cl2N3O2. The van der Waals surface area contributed by atoms with Crippen LogP contribution >= 0.6 is 24.8 Å². The van der Waals surface area contributed by atoms with Crippen molar-refractivity contribution in [1.29, 1.82) is 0 Å². The van der Waals surface area contributed by atoms with Crippen molar-refractivity contribution in [3.63, 3.8) is 0 Å². The Bertz CT molecular complexity index is 696. The van der Waals surface area contributed by atoms with E-state index in [1.807, 2.05) is 62.6 Å². The molecule has 0 radical (unpaired) electrons. The minimum absolute atomic E-state index is 0. The van der Waals surface area contributed by atoms with Crippen molar-refractivity contribution in [2.24, 2.45) is 0 Å². The fourth-order valence-corrected chi connectivity index (χ4v) is 2.39. The quantitative estimate of drug-likeness (QED) is 0.618. The number of hydrogen-bond donors (Lipinski definition) is 2. The SMILES string of the molecule is CN(C)CCOc1cccc(CNC(=O)CCc2ccccc2N)c1.Cl.Cl. The maximum Gasteiger partial charge on any atom is 0.220 e. The molecule has 0 aliphatic heterocycles. The van der Waals surface area contributed by atoms with Gasteiger partial charge in [-0.3, -0.25) is 4.79 Å². The normalized spacial score (nSPS) is 9.89. The number of rotatable bonds is 9. The van der Waals surface area contributed by atoms with E-state index in [4.69, 9.17) is 10.5 Å². The van der Waals surface area contributed by atoms with Gasteiger partial charge in [-0.25, -0.2) is 0 Å². The summed E-state index contributed by atoms with van der Waals surface area (Å²) < 4.78 is 5.71. The summed E-state index contributed by atoms with van der Waals surface area (Å²) in [7, 11) is 4.02. The molecule has 1 amide bonds. The molecule has 0 aromatic heterocycles. The Morgan fingerprint density at radius 3 is 2.56 bits per heavy atom. The Morgan fingerprint density at radius 1 is 1.11 bits per heavy atom. The zero-order valence-electron chi connectivity index (χ0n) is 15.8. The molecule has 3 N–H and O–H groups in total. The molecule has 150 valence electrons. The van der Waals surface area contributed by atoms with Crippen LogP contribution in [0.15, 0.2) is 48.5 Å². The topological polar surface area (TPSA) is 67.6 Å². The third-order valence-corrected chi connectivity index (χ3v) is 3.87. The molecule has 2 aromatic rings. The van der Waals surface area contributed by atoms with Gasteiger partial charge >= 0.3 is 0 Å². The third kappa shape index (κ3) is 9.52. The van der Waals surface area contributed by atoms with Crippen molar-refractivity contribution >= 4 is 36.4 Å². The Hall–Kier alpha value is -1.95. The standard InChI is InChI=1S/C20H27N3O2.2ClH/c1-23(2)12-13-25-18-8-5-6-16(14-18)15-22-20(24)11-10-17-7-3-4-9-19(17)21;;/h3-9,14H,10-13,15,21H2,1-2H3,(H,22,24);2*1H. The first-order chi connectivity index (χ1) is 12.0. The van der Waals surface area contributed by atoms with Gasteiger partial charge < -0.3 is 20.7 Å². The van der Waals surface area contributed by atoms with Crippen molar-refractivity contribution in [2.75, 3.05) is 33.0 Å². The van der Waals surface area contributed by atoms with Crippen molar-refractivity contribution in [1.82, 2.24) is 10.2 Å². The number of carbonyl (C=O) groups excluding carboxylic acids is 1. The first kappa shape index (κ1) is 25.1. The Balaban J connectivity index is 0.00000338.